The molecule has 1 saturated heterocycles. The van der Waals surface area contributed by atoms with Gasteiger partial charge in [-0.1, -0.05) is 12.1 Å². The zero-order chi connectivity index (χ0) is 15.1. The van der Waals surface area contributed by atoms with Crippen LogP contribution in [0.2, 0.25) is 0 Å². The Morgan fingerprint density at radius 2 is 2.19 bits per heavy atom. The number of carbonyl (C=O) groups excluding carboxylic acids is 1. The second-order valence-corrected chi connectivity index (χ2v) is 5.78. The SMILES string of the molecule is COC(C)c1cccc(NC(=O)CCC2CCNCC2)c1. The number of piperidine rings is 1. The Balaban J connectivity index is 1.81. The average molecular weight is 290 g/mol. The van der Waals surface area contributed by atoms with E-state index in [0.29, 0.717) is 12.3 Å². The second-order valence-electron chi connectivity index (χ2n) is 5.78. The van der Waals surface area contributed by atoms with Crippen molar-refractivity contribution in [3.63, 3.8) is 0 Å². The summed E-state index contributed by atoms with van der Waals surface area (Å²) in [5.41, 5.74) is 1.93. The van der Waals surface area contributed by atoms with Crippen LogP contribution in [0.5, 0.6) is 0 Å². The summed E-state index contributed by atoms with van der Waals surface area (Å²) in [4.78, 5) is 12.0. The van der Waals surface area contributed by atoms with Gasteiger partial charge in [0.2, 0.25) is 5.91 Å². The van der Waals surface area contributed by atoms with E-state index < -0.39 is 0 Å². The molecule has 1 aromatic carbocycles. The molecule has 2 rings (SSSR count). The van der Waals surface area contributed by atoms with E-state index in [0.717, 1.165) is 30.8 Å². The Kier molecular flexibility index (Phi) is 6.21. The van der Waals surface area contributed by atoms with Crippen molar-refractivity contribution >= 4 is 11.6 Å². The lowest BCUT2D eigenvalue weighted by atomic mass is 9.93. The highest BCUT2D eigenvalue weighted by Gasteiger charge is 2.14. The van der Waals surface area contributed by atoms with Gasteiger partial charge in [-0.25, -0.2) is 0 Å². The van der Waals surface area contributed by atoms with Crippen molar-refractivity contribution in [2.24, 2.45) is 5.92 Å². The lowest BCUT2D eigenvalue weighted by molar-refractivity contribution is -0.116. The van der Waals surface area contributed by atoms with Crippen molar-refractivity contribution in [1.29, 1.82) is 0 Å². The largest absolute Gasteiger partial charge is 0.377 e. The summed E-state index contributed by atoms with van der Waals surface area (Å²) >= 11 is 0. The van der Waals surface area contributed by atoms with Gasteiger partial charge in [0.05, 0.1) is 6.10 Å². The molecule has 4 nitrogen and oxygen atoms in total. The van der Waals surface area contributed by atoms with Gasteiger partial charge in [0.25, 0.3) is 0 Å². The normalized spacial score (nSPS) is 17.4. The number of benzene rings is 1. The van der Waals surface area contributed by atoms with Crippen LogP contribution < -0.4 is 10.6 Å². The molecule has 1 aromatic rings. The first-order chi connectivity index (χ1) is 10.2. The number of carbonyl (C=O) groups is 1. The summed E-state index contributed by atoms with van der Waals surface area (Å²) in [7, 11) is 1.69. The predicted molar refractivity (Wildman–Crippen MR) is 85.3 cm³/mol. The number of amides is 1. The van der Waals surface area contributed by atoms with Crippen molar-refractivity contribution in [3.8, 4) is 0 Å². The van der Waals surface area contributed by atoms with Crippen LogP contribution in [0.1, 0.15) is 44.3 Å². The molecule has 1 fully saturated rings. The minimum atomic E-state index is 0.0385. The van der Waals surface area contributed by atoms with E-state index in [-0.39, 0.29) is 12.0 Å². The zero-order valence-electron chi connectivity index (χ0n) is 13.0. The Morgan fingerprint density at radius 3 is 2.90 bits per heavy atom. The van der Waals surface area contributed by atoms with Crippen LogP contribution in [0, 0.1) is 5.92 Å². The fourth-order valence-corrected chi connectivity index (χ4v) is 2.73. The molecule has 1 atom stereocenters. The molecule has 0 saturated carbocycles. The molecule has 0 spiro atoms. The number of methoxy groups -OCH3 is 1. The van der Waals surface area contributed by atoms with Crippen LogP contribution in [0.15, 0.2) is 24.3 Å². The van der Waals surface area contributed by atoms with E-state index in [1.807, 2.05) is 31.2 Å². The molecule has 1 amide bonds. The summed E-state index contributed by atoms with van der Waals surface area (Å²) in [6, 6.07) is 7.87. The number of hydrogen-bond acceptors (Lipinski definition) is 3. The van der Waals surface area contributed by atoms with Gasteiger partial charge < -0.3 is 15.4 Å². The van der Waals surface area contributed by atoms with Gasteiger partial charge in [0.1, 0.15) is 0 Å². The number of rotatable bonds is 6. The van der Waals surface area contributed by atoms with Crippen LogP contribution >= 0.6 is 0 Å². The van der Waals surface area contributed by atoms with Gasteiger partial charge in [0.15, 0.2) is 0 Å². The maximum atomic E-state index is 12.0. The molecule has 1 unspecified atom stereocenters. The van der Waals surface area contributed by atoms with Crippen LogP contribution in [0.3, 0.4) is 0 Å². The molecule has 21 heavy (non-hydrogen) atoms. The van der Waals surface area contributed by atoms with E-state index >= 15 is 0 Å². The molecule has 0 aromatic heterocycles. The van der Waals surface area contributed by atoms with E-state index in [2.05, 4.69) is 10.6 Å². The van der Waals surface area contributed by atoms with Crippen molar-refractivity contribution in [3.05, 3.63) is 29.8 Å². The summed E-state index contributed by atoms with van der Waals surface area (Å²) < 4.78 is 5.30. The first kappa shape index (κ1) is 16.0. The van der Waals surface area contributed by atoms with Crippen molar-refractivity contribution in [2.75, 3.05) is 25.5 Å². The first-order valence-corrected chi connectivity index (χ1v) is 7.82. The standard InChI is InChI=1S/C17H26N2O2/c1-13(21-2)15-4-3-5-16(12-15)19-17(20)7-6-14-8-10-18-11-9-14/h3-5,12-14,18H,6-11H2,1-2H3,(H,19,20). The maximum absolute atomic E-state index is 12.0. The highest BCUT2D eigenvalue weighted by Crippen LogP contribution is 2.21. The second kappa shape index (κ2) is 8.15. The summed E-state index contributed by atoms with van der Waals surface area (Å²) in [6.45, 7) is 4.17. The lowest BCUT2D eigenvalue weighted by Crippen LogP contribution is -2.28. The van der Waals surface area contributed by atoms with Gasteiger partial charge in [-0.2, -0.15) is 0 Å². The number of anilines is 1. The highest BCUT2D eigenvalue weighted by molar-refractivity contribution is 5.90. The smallest absolute Gasteiger partial charge is 0.224 e. The maximum Gasteiger partial charge on any atom is 0.224 e. The third-order valence-corrected chi connectivity index (χ3v) is 4.23. The molecule has 1 aliphatic heterocycles. The molecule has 0 bridgehead atoms. The predicted octanol–water partition coefficient (Wildman–Crippen LogP) is 3.11. The fraction of sp³-hybridized carbons (Fsp3) is 0.588. The summed E-state index contributed by atoms with van der Waals surface area (Å²) in [5.74, 6) is 0.799. The summed E-state index contributed by atoms with van der Waals surface area (Å²) in [5, 5.41) is 6.34. The van der Waals surface area contributed by atoms with E-state index in [4.69, 9.17) is 4.74 Å². The molecule has 116 valence electrons. The van der Waals surface area contributed by atoms with Crippen molar-refractivity contribution < 1.29 is 9.53 Å². The quantitative estimate of drug-likeness (QED) is 0.846. The molecular weight excluding hydrogens is 264 g/mol. The lowest BCUT2D eigenvalue weighted by Gasteiger charge is -2.22. The van der Waals surface area contributed by atoms with Crippen LogP contribution in [0.25, 0.3) is 0 Å². The van der Waals surface area contributed by atoms with E-state index in [1.165, 1.54) is 12.8 Å². The van der Waals surface area contributed by atoms with Gasteiger partial charge in [0, 0.05) is 19.2 Å². The van der Waals surface area contributed by atoms with Gasteiger partial charge >= 0.3 is 0 Å². The Labute approximate surface area is 127 Å². The fourth-order valence-electron chi connectivity index (χ4n) is 2.73. The zero-order valence-corrected chi connectivity index (χ0v) is 13.0. The first-order valence-electron chi connectivity index (χ1n) is 7.82. The molecule has 1 heterocycles. The third-order valence-electron chi connectivity index (χ3n) is 4.23. The van der Waals surface area contributed by atoms with Gasteiger partial charge in [-0.15, -0.1) is 0 Å². The Bertz CT molecular complexity index is 456. The molecule has 4 heteroatoms. The highest BCUT2D eigenvalue weighted by atomic mass is 16.5. The summed E-state index contributed by atoms with van der Waals surface area (Å²) in [6.07, 6.45) is 4.01. The van der Waals surface area contributed by atoms with Gasteiger partial charge in [-0.05, 0) is 62.9 Å². The Hall–Kier alpha value is -1.39. The van der Waals surface area contributed by atoms with Crippen molar-refractivity contribution in [1.82, 2.24) is 5.32 Å². The molecule has 2 N–H and O–H groups in total. The molecule has 0 radical (unpaired) electrons. The van der Waals surface area contributed by atoms with Crippen LogP contribution in [0.4, 0.5) is 5.69 Å². The minimum absolute atomic E-state index is 0.0385. The monoisotopic (exact) mass is 290 g/mol. The van der Waals surface area contributed by atoms with Crippen LogP contribution in [-0.2, 0) is 9.53 Å². The number of nitrogens with one attached hydrogen (secondary N) is 2. The Morgan fingerprint density at radius 1 is 1.43 bits per heavy atom. The van der Waals surface area contributed by atoms with Crippen molar-refractivity contribution in [2.45, 2.75) is 38.7 Å². The number of ether oxygens (including phenoxy) is 1. The average Bonchev–Trinajstić information content (AvgIpc) is 2.53. The topological polar surface area (TPSA) is 50.4 Å². The molecular formula is C17H26N2O2. The third kappa shape index (κ3) is 5.14. The minimum Gasteiger partial charge on any atom is -0.377 e. The van der Waals surface area contributed by atoms with Gasteiger partial charge in [-0.3, -0.25) is 4.79 Å². The van der Waals surface area contributed by atoms with E-state index in [1.54, 1.807) is 7.11 Å². The molecule has 0 aliphatic carbocycles. The van der Waals surface area contributed by atoms with Crippen LogP contribution in [-0.4, -0.2) is 26.1 Å². The molecule has 1 aliphatic rings. The number of hydrogen-bond donors (Lipinski definition) is 2. The van der Waals surface area contributed by atoms with E-state index in [9.17, 15) is 4.79 Å².